The molecule has 1 amide bonds. The first-order valence-corrected chi connectivity index (χ1v) is 8.57. The average molecular weight is 361 g/mol. The van der Waals surface area contributed by atoms with E-state index in [1.807, 2.05) is 20.8 Å². The maximum absolute atomic E-state index is 13.5. The van der Waals surface area contributed by atoms with Gasteiger partial charge in [-0.05, 0) is 25.1 Å². The van der Waals surface area contributed by atoms with Crippen LogP contribution in [-0.2, 0) is 6.54 Å². The van der Waals surface area contributed by atoms with Crippen molar-refractivity contribution in [3.05, 3.63) is 44.9 Å². The largest absolute Gasteiger partial charge is 0.295 e. The number of aromatic nitrogens is 4. The van der Waals surface area contributed by atoms with Gasteiger partial charge in [-0.15, -0.1) is 10.2 Å². The van der Waals surface area contributed by atoms with E-state index in [0.717, 1.165) is 11.1 Å². The van der Waals surface area contributed by atoms with Crippen molar-refractivity contribution >= 4 is 33.3 Å². The lowest BCUT2D eigenvalue weighted by atomic mass is 10.2. The van der Waals surface area contributed by atoms with Crippen LogP contribution < -0.4 is 10.7 Å². The Bertz CT molecular complexity index is 1010. The van der Waals surface area contributed by atoms with Crippen molar-refractivity contribution in [3.63, 3.8) is 0 Å². The predicted molar refractivity (Wildman–Crippen MR) is 93.6 cm³/mol. The van der Waals surface area contributed by atoms with Gasteiger partial charge in [0, 0.05) is 12.5 Å². The summed E-state index contributed by atoms with van der Waals surface area (Å²) in [4.78, 5) is 25.0. The zero-order valence-corrected chi connectivity index (χ0v) is 14.7. The third kappa shape index (κ3) is 3.27. The topological polar surface area (TPSA) is 89.8 Å². The van der Waals surface area contributed by atoms with E-state index in [2.05, 4.69) is 20.6 Å². The highest BCUT2D eigenvalue weighted by Gasteiger charge is 2.19. The molecular weight excluding hydrogens is 345 g/mol. The molecule has 130 valence electrons. The third-order valence-corrected chi connectivity index (χ3v) is 4.73. The number of aryl methyl sites for hydroxylation is 1. The van der Waals surface area contributed by atoms with Crippen molar-refractivity contribution in [1.82, 2.24) is 20.0 Å². The van der Waals surface area contributed by atoms with E-state index in [1.165, 1.54) is 28.2 Å². The van der Waals surface area contributed by atoms with Gasteiger partial charge in [0.1, 0.15) is 10.8 Å². The van der Waals surface area contributed by atoms with Crippen LogP contribution in [0.25, 0.3) is 10.9 Å². The smallest absolute Gasteiger partial charge is 0.282 e. The average Bonchev–Trinajstić information content (AvgIpc) is 3.04. The van der Waals surface area contributed by atoms with E-state index in [9.17, 15) is 14.0 Å². The Morgan fingerprint density at radius 2 is 2.12 bits per heavy atom. The van der Waals surface area contributed by atoms with E-state index < -0.39 is 17.2 Å². The van der Waals surface area contributed by atoms with Gasteiger partial charge in [-0.25, -0.2) is 4.39 Å². The van der Waals surface area contributed by atoms with Gasteiger partial charge in [-0.2, -0.15) is 5.10 Å². The molecule has 0 atom stereocenters. The Kier molecular flexibility index (Phi) is 4.58. The minimum atomic E-state index is -0.690. The number of anilines is 1. The molecule has 2 aromatic heterocycles. The number of carbonyl (C=O) groups excluding carboxylic acids is 1. The Morgan fingerprint density at radius 1 is 1.36 bits per heavy atom. The molecule has 9 heteroatoms. The summed E-state index contributed by atoms with van der Waals surface area (Å²) in [6.45, 7) is 6.18. The molecule has 3 aromatic rings. The number of nitrogens with one attached hydrogen (secondary N) is 1. The first-order valence-electron chi connectivity index (χ1n) is 7.75. The molecule has 2 heterocycles. The third-order valence-electron chi connectivity index (χ3n) is 3.59. The van der Waals surface area contributed by atoms with Crippen LogP contribution in [0.3, 0.4) is 0 Å². The molecule has 0 radical (unpaired) electrons. The van der Waals surface area contributed by atoms with Crippen LogP contribution in [0.4, 0.5) is 9.52 Å². The number of benzene rings is 1. The fourth-order valence-electron chi connectivity index (χ4n) is 2.33. The second-order valence-corrected chi connectivity index (χ2v) is 6.72. The van der Waals surface area contributed by atoms with Crippen LogP contribution >= 0.6 is 11.3 Å². The first-order chi connectivity index (χ1) is 11.9. The van der Waals surface area contributed by atoms with Gasteiger partial charge in [0.15, 0.2) is 5.69 Å². The predicted octanol–water partition coefficient (Wildman–Crippen LogP) is 2.78. The Labute approximate surface area is 146 Å². The number of halogens is 1. The first kappa shape index (κ1) is 17.2. The van der Waals surface area contributed by atoms with Crippen molar-refractivity contribution in [2.45, 2.75) is 33.2 Å². The summed E-state index contributed by atoms with van der Waals surface area (Å²) in [5.74, 6) is -1.05. The van der Waals surface area contributed by atoms with Gasteiger partial charge >= 0.3 is 0 Å². The summed E-state index contributed by atoms with van der Waals surface area (Å²) in [6, 6.07) is 3.85. The zero-order valence-electron chi connectivity index (χ0n) is 13.9. The normalized spacial score (nSPS) is 11.2. The highest BCUT2D eigenvalue weighted by Crippen LogP contribution is 2.22. The Morgan fingerprint density at radius 3 is 2.76 bits per heavy atom. The van der Waals surface area contributed by atoms with Gasteiger partial charge in [0.2, 0.25) is 10.6 Å². The molecule has 0 fully saturated rings. The van der Waals surface area contributed by atoms with Gasteiger partial charge in [0.05, 0.1) is 10.9 Å². The van der Waals surface area contributed by atoms with Crippen LogP contribution in [0.15, 0.2) is 23.0 Å². The molecule has 1 N–H and O–H groups in total. The van der Waals surface area contributed by atoms with Crippen molar-refractivity contribution in [1.29, 1.82) is 0 Å². The number of hydrogen-bond donors (Lipinski definition) is 1. The molecule has 0 bridgehead atoms. The molecular formula is C16H16FN5O2S. The molecule has 0 saturated heterocycles. The van der Waals surface area contributed by atoms with E-state index in [0.29, 0.717) is 12.1 Å². The SMILES string of the molecule is CCn1nc(C(=O)Nc2nnc(C(C)C)s2)c(=O)c2cc(F)ccc21. The molecule has 3 rings (SSSR count). The van der Waals surface area contributed by atoms with E-state index in [4.69, 9.17) is 0 Å². The molecule has 25 heavy (non-hydrogen) atoms. The molecule has 0 aliphatic heterocycles. The highest BCUT2D eigenvalue weighted by atomic mass is 32.1. The van der Waals surface area contributed by atoms with Crippen molar-refractivity contribution in [3.8, 4) is 0 Å². The summed E-state index contributed by atoms with van der Waals surface area (Å²) in [7, 11) is 0. The quantitative estimate of drug-likeness (QED) is 0.772. The summed E-state index contributed by atoms with van der Waals surface area (Å²) in [6.07, 6.45) is 0. The minimum absolute atomic E-state index is 0.113. The van der Waals surface area contributed by atoms with Crippen molar-refractivity contribution < 1.29 is 9.18 Å². The number of amides is 1. The Balaban J connectivity index is 2.03. The lowest BCUT2D eigenvalue weighted by Crippen LogP contribution is -2.27. The summed E-state index contributed by atoms with van der Waals surface area (Å²) >= 11 is 1.24. The van der Waals surface area contributed by atoms with Crippen molar-refractivity contribution in [2.24, 2.45) is 0 Å². The molecule has 0 saturated carbocycles. The number of hydrogen-bond acceptors (Lipinski definition) is 6. The molecule has 0 spiro atoms. The number of nitrogens with zero attached hydrogens (tertiary/aromatic N) is 4. The fraction of sp³-hybridized carbons (Fsp3) is 0.312. The maximum atomic E-state index is 13.5. The van der Waals surface area contributed by atoms with Crippen LogP contribution in [-0.4, -0.2) is 25.9 Å². The van der Waals surface area contributed by atoms with Gasteiger partial charge in [-0.3, -0.25) is 19.6 Å². The fourth-order valence-corrected chi connectivity index (χ4v) is 3.07. The van der Waals surface area contributed by atoms with Gasteiger partial charge < -0.3 is 0 Å². The highest BCUT2D eigenvalue weighted by molar-refractivity contribution is 7.15. The van der Waals surface area contributed by atoms with Gasteiger partial charge in [-0.1, -0.05) is 25.2 Å². The van der Waals surface area contributed by atoms with Crippen molar-refractivity contribution in [2.75, 3.05) is 5.32 Å². The van der Waals surface area contributed by atoms with Crippen LogP contribution in [0.1, 0.15) is 42.2 Å². The molecule has 0 aliphatic carbocycles. The summed E-state index contributed by atoms with van der Waals surface area (Å²) < 4.78 is 15.0. The molecule has 1 aromatic carbocycles. The lowest BCUT2D eigenvalue weighted by molar-refractivity contribution is 0.101. The monoisotopic (exact) mass is 361 g/mol. The lowest BCUT2D eigenvalue weighted by Gasteiger charge is -2.09. The van der Waals surface area contributed by atoms with Gasteiger partial charge in [0.25, 0.3) is 5.91 Å². The summed E-state index contributed by atoms with van der Waals surface area (Å²) in [5, 5.41) is 15.7. The Hall–Kier alpha value is -2.68. The van der Waals surface area contributed by atoms with E-state index >= 15 is 0 Å². The van der Waals surface area contributed by atoms with E-state index in [1.54, 1.807) is 0 Å². The van der Waals surface area contributed by atoms with E-state index in [-0.39, 0.29) is 22.1 Å². The van der Waals surface area contributed by atoms with Crippen LogP contribution in [0.2, 0.25) is 0 Å². The second-order valence-electron chi connectivity index (χ2n) is 5.71. The van der Waals surface area contributed by atoms with Crippen LogP contribution in [0.5, 0.6) is 0 Å². The molecule has 0 aliphatic rings. The number of rotatable bonds is 4. The second kappa shape index (κ2) is 6.67. The summed E-state index contributed by atoms with van der Waals surface area (Å²) in [5.41, 5.74) is -0.449. The standard InChI is InChI=1S/C16H16FN5O2S/c1-4-22-11-6-5-9(17)7-10(11)13(23)12(21-22)14(24)18-16-20-19-15(25-16)8(2)3/h5-8H,4H2,1-3H3,(H,18,20,24). The minimum Gasteiger partial charge on any atom is -0.295 e. The number of fused-ring (bicyclic) bond motifs is 1. The zero-order chi connectivity index (χ0) is 18.1. The molecule has 0 unspecified atom stereocenters. The maximum Gasteiger partial charge on any atom is 0.282 e. The molecule has 7 nitrogen and oxygen atoms in total. The number of carbonyl (C=O) groups is 1. The van der Waals surface area contributed by atoms with Crippen LogP contribution in [0, 0.1) is 5.82 Å².